The highest BCUT2D eigenvalue weighted by Gasteiger charge is 2.21. The summed E-state index contributed by atoms with van der Waals surface area (Å²) in [5, 5.41) is 2.06. The summed E-state index contributed by atoms with van der Waals surface area (Å²) in [5.74, 6) is -0.0857. The first-order valence-corrected chi connectivity index (χ1v) is 9.26. The van der Waals surface area contributed by atoms with Gasteiger partial charge in [0.05, 0.1) is 11.1 Å². The van der Waals surface area contributed by atoms with Crippen molar-refractivity contribution < 1.29 is 4.79 Å². The van der Waals surface area contributed by atoms with E-state index in [0.29, 0.717) is 26.9 Å². The highest BCUT2D eigenvalue weighted by atomic mass is 35.5. The minimum atomic E-state index is -0.0857. The van der Waals surface area contributed by atoms with Gasteiger partial charge in [-0.1, -0.05) is 53.5 Å². The van der Waals surface area contributed by atoms with Gasteiger partial charge in [0.15, 0.2) is 5.78 Å². The van der Waals surface area contributed by atoms with E-state index in [4.69, 9.17) is 23.2 Å². The average Bonchev–Trinajstić information content (AvgIpc) is 2.68. The molecule has 0 radical (unpaired) electrons. The van der Waals surface area contributed by atoms with Crippen LogP contribution in [0.2, 0.25) is 10.0 Å². The molecule has 5 heteroatoms. The Morgan fingerprint density at radius 2 is 1.50 bits per heavy atom. The standard InChI is InChI=1S/C23H15Cl2NO.ClH/c1-14-21(23(27)16-7-9-17(24)10-8-16)22(15-5-3-2-4-6-15)19-13-18(25)11-12-20(19)26-14;/h2-13H,1H3;1H. The number of hydrogen-bond acceptors (Lipinski definition) is 2. The van der Waals surface area contributed by atoms with Gasteiger partial charge in [0, 0.05) is 32.3 Å². The van der Waals surface area contributed by atoms with Gasteiger partial charge in [-0.05, 0) is 55.0 Å². The van der Waals surface area contributed by atoms with Crippen molar-refractivity contribution in [3.63, 3.8) is 0 Å². The lowest BCUT2D eigenvalue weighted by Crippen LogP contribution is -2.08. The smallest absolute Gasteiger partial charge is 0.195 e. The number of rotatable bonds is 3. The largest absolute Gasteiger partial charge is 0.289 e. The van der Waals surface area contributed by atoms with Crippen LogP contribution in [0.4, 0.5) is 0 Å². The number of benzene rings is 3. The van der Waals surface area contributed by atoms with Crippen LogP contribution in [-0.4, -0.2) is 10.8 Å². The maximum atomic E-state index is 13.4. The number of fused-ring (bicyclic) bond motifs is 1. The van der Waals surface area contributed by atoms with E-state index in [2.05, 4.69) is 4.98 Å². The van der Waals surface area contributed by atoms with Crippen molar-refractivity contribution in [1.82, 2.24) is 4.98 Å². The van der Waals surface area contributed by atoms with E-state index >= 15 is 0 Å². The molecule has 1 aromatic heterocycles. The number of ketones is 1. The number of aryl methyl sites for hydroxylation is 1. The molecule has 4 aromatic rings. The molecule has 0 amide bonds. The molecule has 2 nitrogen and oxygen atoms in total. The average molecular weight is 429 g/mol. The fourth-order valence-corrected chi connectivity index (χ4v) is 3.58. The molecule has 0 saturated carbocycles. The third-order valence-corrected chi connectivity index (χ3v) is 5.01. The number of halogens is 3. The Balaban J connectivity index is 0.00000225. The molecule has 0 bridgehead atoms. The molecule has 3 aromatic carbocycles. The molecule has 140 valence electrons. The SMILES string of the molecule is Cc1nc2ccc(Cl)cc2c(-c2ccccc2)c1C(=O)c1ccc(Cl)cc1.Cl. The summed E-state index contributed by atoms with van der Waals surface area (Å²) >= 11 is 12.2. The van der Waals surface area contributed by atoms with Crippen LogP contribution in [0.1, 0.15) is 21.6 Å². The summed E-state index contributed by atoms with van der Waals surface area (Å²) in [7, 11) is 0. The lowest BCUT2D eigenvalue weighted by atomic mass is 9.90. The molecule has 0 fully saturated rings. The van der Waals surface area contributed by atoms with Gasteiger partial charge in [-0.15, -0.1) is 12.4 Å². The fraction of sp³-hybridized carbons (Fsp3) is 0.0435. The highest BCUT2D eigenvalue weighted by molar-refractivity contribution is 6.32. The van der Waals surface area contributed by atoms with Crippen molar-refractivity contribution in [3.8, 4) is 11.1 Å². The van der Waals surface area contributed by atoms with E-state index < -0.39 is 0 Å². The van der Waals surface area contributed by atoms with Crippen LogP contribution in [0.3, 0.4) is 0 Å². The predicted molar refractivity (Wildman–Crippen MR) is 119 cm³/mol. The number of aromatic nitrogens is 1. The van der Waals surface area contributed by atoms with Gasteiger partial charge in [-0.25, -0.2) is 0 Å². The molecule has 1 heterocycles. The topological polar surface area (TPSA) is 30.0 Å². The lowest BCUT2D eigenvalue weighted by Gasteiger charge is -2.15. The van der Waals surface area contributed by atoms with Crippen LogP contribution in [0.25, 0.3) is 22.0 Å². The zero-order chi connectivity index (χ0) is 19.0. The van der Waals surface area contributed by atoms with E-state index in [1.807, 2.05) is 55.5 Å². The first-order chi connectivity index (χ1) is 13.0. The van der Waals surface area contributed by atoms with Crippen LogP contribution in [-0.2, 0) is 0 Å². The van der Waals surface area contributed by atoms with Crippen LogP contribution < -0.4 is 0 Å². The number of hydrogen-bond donors (Lipinski definition) is 0. The van der Waals surface area contributed by atoms with Crippen LogP contribution in [0, 0.1) is 6.92 Å². The quantitative estimate of drug-likeness (QED) is 0.324. The Hall–Kier alpha value is -2.39. The molecule has 0 N–H and O–H groups in total. The number of nitrogens with zero attached hydrogens (tertiary/aromatic N) is 1. The zero-order valence-corrected chi connectivity index (χ0v) is 17.3. The Morgan fingerprint density at radius 1 is 0.857 bits per heavy atom. The summed E-state index contributed by atoms with van der Waals surface area (Å²) in [6.45, 7) is 1.86. The van der Waals surface area contributed by atoms with Crippen LogP contribution >= 0.6 is 35.6 Å². The van der Waals surface area contributed by atoms with Crippen LogP contribution in [0.15, 0.2) is 72.8 Å². The first kappa shape index (κ1) is 20.3. The van der Waals surface area contributed by atoms with Gasteiger partial charge >= 0.3 is 0 Å². The van der Waals surface area contributed by atoms with Crippen LogP contribution in [0.5, 0.6) is 0 Å². The lowest BCUT2D eigenvalue weighted by molar-refractivity contribution is 0.103. The predicted octanol–water partition coefficient (Wildman–Crippen LogP) is 7.17. The molecular formula is C23H16Cl3NO. The van der Waals surface area contributed by atoms with Gasteiger partial charge in [0.2, 0.25) is 0 Å². The van der Waals surface area contributed by atoms with Gasteiger partial charge in [-0.3, -0.25) is 9.78 Å². The van der Waals surface area contributed by atoms with E-state index in [9.17, 15) is 4.79 Å². The van der Waals surface area contributed by atoms with Crippen molar-refractivity contribution in [2.24, 2.45) is 0 Å². The molecule has 0 unspecified atom stereocenters. The normalized spacial score (nSPS) is 10.5. The van der Waals surface area contributed by atoms with E-state index in [1.165, 1.54) is 0 Å². The highest BCUT2D eigenvalue weighted by Crippen LogP contribution is 2.35. The molecule has 4 rings (SSSR count). The summed E-state index contributed by atoms with van der Waals surface area (Å²) in [5.41, 5.74) is 4.45. The van der Waals surface area contributed by atoms with E-state index in [1.54, 1.807) is 24.3 Å². The van der Waals surface area contributed by atoms with Crippen molar-refractivity contribution in [3.05, 3.63) is 99.7 Å². The summed E-state index contributed by atoms with van der Waals surface area (Å²) in [6, 6.07) is 22.3. The molecular weight excluding hydrogens is 413 g/mol. The maximum Gasteiger partial charge on any atom is 0.195 e. The number of carbonyl (C=O) groups excluding carboxylic acids is 1. The van der Waals surface area contributed by atoms with Gasteiger partial charge < -0.3 is 0 Å². The number of pyridine rings is 1. The molecule has 0 aliphatic rings. The Bertz CT molecular complexity index is 1160. The Labute approximate surface area is 179 Å². The summed E-state index contributed by atoms with van der Waals surface area (Å²) in [6.07, 6.45) is 0. The first-order valence-electron chi connectivity index (χ1n) is 8.50. The third-order valence-electron chi connectivity index (χ3n) is 4.52. The van der Waals surface area contributed by atoms with E-state index in [-0.39, 0.29) is 18.2 Å². The summed E-state index contributed by atoms with van der Waals surface area (Å²) in [4.78, 5) is 18.0. The van der Waals surface area contributed by atoms with Gasteiger partial charge in [-0.2, -0.15) is 0 Å². The molecule has 28 heavy (non-hydrogen) atoms. The zero-order valence-electron chi connectivity index (χ0n) is 14.9. The van der Waals surface area contributed by atoms with Gasteiger partial charge in [0.25, 0.3) is 0 Å². The molecule has 0 saturated heterocycles. The minimum Gasteiger partial charge on any atom is -0.289 e. The maximum absolute atomic E-state index is 13.4. The molecule has 0 aliphatic carbocycles. The van der Waals surface area contributed by atoms with E-state index in [0.717, 1.165) is 22.0 Å². The van der Waals surface area contributed by atoms with Crippen molar-refractivity contribution in [2.45, 2.75) is 6.92 Å². The Morgan fingerprint density at radius 3 is 2.18 bits per heavy atom. The Kier molecular flexibility index (Phi) is 6.04. The fourth-order valence-electron chi connectivity index (χ4n) is 3.29. The number of carbonyl (C=O) groups is 1. The molecule has 0 aliphatic heterocycles. The molecule has 0 atom stereocenters. The minimum absolute atomic E-state index is 0. The van der Waals surface area contributed by atoms with Crippen molar-refractivity contribution in [1.29, 1.82) is 0 Å². The molecule has 0 spiro atoms. The monoisotopic (exact) mass is 427 g/mol. The second-order valence-electron chi connectivity index (χ2n) is 6.31. The second kappa shape index (κ2) is 8.32. The second-order valence-corrected chi connectivity index (χ2v) is 7.18. The summed E-state index contributed by atoms with van der Waals surface area (Å²) < 4.78 is 0. The van der Waals surface area contributed by atoms with Crippen molar-refractivity contribution in [2.75, 3.05) is 0 Å². The van der Waals surface area contributed by atoms with Crippen molar-refractivity contribution >= 4 is 52.3 Å². The third kappa shape index (κ3) is 3.77. The van der Waals surface area contributed by atoms with Gasteiger partial charge in [0.1, 0.15) is 0 Å².